The van der Waals surface area contributed by atoms with Gasteiger partial charge in [0.15, 0.2) is 0 Å². The first-order chi connectivity index (χ1) is 9.49. The molecule has 3 N–H and O–H groups in total. The standard InChI is InChI=1S/C12H15BrN4O2S/c13-10-2-3-12(11(14)8-10)20(18,19)16-4-1-6-17-7-5-15-9-17/h2-3,5,7-9,16H,1,4,6,14H2. The molecule has 0 radical (unpaired) electrons. The lowest BCUT2D eigenvalue weighted by Gasteiger charge is -2.09. The van der Waals surface area contributed by atoms with Gasteiger partial charge in [-0.25, -0.2) is 18.1 Å². The van der Waals surface area contributed by atoms with Crippen LogP contribution in [0.2, 0.25) is 0 Å². The first kappa shape index (κ1) is 15.0. The average molecular weight is 359 g/mol. The van der Waals surface area contributed by atoms with E-state index in [9.17, 15) is 8.42 Å². The number of sulfonamides is 1. The van der Waals surface area contributed by atoms with Gasteiger partial charge in [0, 0.05) is 30.0 Å². The van der Waals surface area contributed by atoms with Gasteiger partial charge in [-0.1, -0.05) is 15.9 Å². The first-order valence-corrected chi connectivity index (χ1v) is 8.27. The van der Waals surface area contributed by atoms with Crippen molar-refractivity contribution in [3.63, 3.8) is 0 Å². The molecule has 0 bridgehead atoms. The van der Waals surface area contributed by atoms with Crippen LogP contribution in [0, 0.1) is 0 Å². The number of halogens is 1. The minimum atomic E-state index is -3.57. The van der Waals surface area contributed by atoms with Gasteiger partial charge >= 0.3 is 0 Å². The maximum atomic E-state index is 12.1. The molecule has 1 aromatic heterocycles. The summed E-state index contributed by atoms with van der Waals surface area (Å²) in [4.78, 5) is 4.02. The van der Waals surface area contributed by atoms with Gasteiger partial charge < -0.3 is 10.3 Å². The molecule has 0 saturated heterocycles. The second-order valence-corrected chi connectivity index (χ2v) is 6.89. The van der Waals surface area contributed by atoms with Crippen LogP contribution in [-0.2, 0) is 16.6 Å². The second kappa shape index (κ2) is 6.38. The normalized spacial score (nSPS) is 11.7. The number of nitrogens with one attached hydrogen (secondary N) is 1. The molecule has 2 aromatic rings. The first-order valence-electron chi connectivity index (χ1n) is 5.99. The molecule has 108 valence electrons. The van der Waals surface area contributed by atoms with Crippen LogP contribution in [-0.4, -0.2) is 24.5 Å². The zero-order chi connectivity index (χ0) is 14.6. The lowest BCUT2D eigenvalue weighted by atomic mass is 10.3. The number of aryl methyl sites for hydroxylation is 1. The highest BCUT2D eigenvalue weighted by atomic mass is 79.9. The van der Waals surface area contributed by atoms with Gasteiger partial charge in [0.1, 0.15) is 4.90 Å². The minimum absolute atomic E-state index is 0.100. The zero-order valence-corrected chi connectivity index (χ0v) is 13.1. The van der Waals surface area contributed by atoms with E-state index in [0.29, 0.717) is 19.5 Å². The molecule has 0 aliphatic rings. The maximum absolute atomic E-state index is 12.1. The molecular weight excluding hydrogens is 344 g/mol. The van der Waals surface area contributed by atoms with Crippen LogP contribution in [0.1, 0.15) is 6.42 Å². The third-order valence-corrected chi connectivity index (χ3v) is 4.73. The molecule has 0 aliphatic heterocycles. The molecule has 1 heterocycles. The van der Waals surface area contributed by atoms with E-state index in [0.717, 1.165) is 4.47 Å². The predicted molar refractivity (Wildman–Crippen MR) is 80.6 cm³/mol. The number of hydrogen-bond acceptors (Lipinski definition) is 4. The number of aromatic nitrogens is 2. The number of imidazole rings is 1. The molecule has 0 saturated carbocycles. The molecule has 0 amide bonds. The summed E-state index contributed by atoms with van der Waals surface area (Å²) in [6, 6.07) is 4.70. The minimum Gasteiger partial charge on any atom is -0.398 e. The van der Waals surface area contributed by atoms with Crippen LogP contribution in [0.3, 0.4) is 0 Å². The van der Waals surface area contributed by atoms with Crippen molar-refractivity contribution in [2.24, 2.45) is 0 Å². The molecule has 2 rings (SSSR count). The van der Waals surface area contributed by atoms with Crippen LogP contribution in [0.4, 0.5) is 5.69 Å². The smallest absolute Gasteiger partial charge is 0.242 e. The van der Waals surface area contributed by atoms with E-state index in [4.69, 9.17) is 5.73 Å². The van der Waals surface area contributed by atoms with Gasteiger partial charge in [-0.3, -0.25) is 0 Å². The van der Waals surface area contributed by atoms with Crippen LogP contribution in [0.25, 0.3) is 0 Å². The molecule has 0 atom stereocenters. The number of nitrogen functional groups attached to an aromatic ring is 1. The van der Waals surface area contributed by atoms with Crippen molar-refractivity contribution < 1.29 is 8.42 Å². The Kier molecular flexibility index (Phi) is 4.79. The molecular formula is C12H15BrN4O2S. The Labute approximate surface area is 126 Å². The number of nitrogens with zero attached hydrogens (tertiary/aromatic N) is 2. The van der Waals surface area contributed by atoms with E-state index < -0.39 is 10.0 Å². The topological polar surface area (TPSA) is 90.0 Å². The fourth-order valence-corrected chi connectivity index (χ4v) is 3.29. The summed E-state index contributed by atoms with van der Waals surface area (Å²) >= 11 is 3.25. The molecule has 6 nitrogen and oxygen atoms in total. The highest BCUT2D eigenvalue weighted by molar-refractivity contribution is 9.10. The lowest BCUT2D eigenvalue weighted by Crippen LogP contribution is -2.26. The van der Waals surface area contributed by atoms with Gasteiger partial charge in [0.25, 0.3) is 0 Å². The van der Waals surface area contributed by atoms with Crippen molar-refractivity contribution >= 4 is 31.6 Å². The summed E-state index contributed by atoms with van der Waals surface area (Å²) in [6.07, 6.45) is 5.89. The summed E-state index contributed by atoms with van der Waals surface area (Å²) < 4.78 is 29.4. The number of rotatable bonds is 6. The Morgan fingerprint density at radius 2 is 2.20 bits per heavy atom. The van der Waals surface area contributed by atoms with Crippen molar-refractivity contribution in [2.45, 2.75) is 17.9 Å². The Hall–Kier alpha value is -1.38. The van der Waals surface area contributed by atoms with E-state index in [1.54, 1.807) is 24.7 Å². The molecule has 0 unspecified atom stereocenters. The highest BCUT2D eigenvalue weighted by Crippen LogP contribution is 2.22. The van der Waals surface area contributed by atoms with Crippen LogP contribution < -0.4 is 10.5 Å². The summed E-state index contributed by atoms with van der Waals surface area (Å²) in [5.41, 5.74) is 5.95. The van der Waals surface area contributed by atoms with Gasteiger partial charge in [-0.2, -0.15) is 0 Å². The van der Waals surface area contributed by atoms with Gasteiger partial charge in [-0.15, -0.1) is 0 Å². The lowest BCUT2D eigenvalue weighted by molar-refractivity contribution is 0.570. The van der Waals surface area contributed by atoms with Gasteiger partial charge in [-0.05, 0) is 24.6 Å². The summed E-state index contributed by atoms with van der Waals surface area (Å²) in [6.45, 7) is 1.05. The van der Waals surface area contributed by atoms with Crippen molar-refractivity contribution in [3.05, 3.63) is 41.4 Å². The van der Waals surface area contributed by atoms with Crippen LogP contribution in [0.5, 0.6) is 0 Å². The van der Waals surface area contributed by atoms with Crippen LogP contribution in [0.15, 0.2) is 46.3 Å². The fourth-order valence-electron chi connectivity index (χ4n) is 1.73. The van der Waals surface area contributed by atoms with E-state index in [-0.39, 0.29) is 10.6 Å². The Morgan fingerprint density at radius 1 is 1.40 bits per heavy atom. The quantitative estimate of drug-likeness (QED) is 0.606. The third kappa shape index (κ3) is 3.81. The summed E-state index contributed by atoms with van der Waals surface area (Å²) in [7, 11) is -3.57. The number of anilines is 1. The SMILES string of the molecule is Nc1cc(Br)ccc1S(=O)(=O)NCCCn1ccnc1. The fraction of sp³-hybridized carbons (Fsp3) is 0.250. The van der Waals surface area contributed by atoms with E-state index in [1.807, 2.05) is 10.8 Å². The number of benzene rings is 1. The molecule has 0 spiro atoms. The zero-order valence-electron chi connectivity index (χ0n) is 10.7. The largest absolute Gasteiger partial charge is 0.398 e. The van der Waals surface area contributed by atoms with E-state index in [2.05, 4.69) is 25.6 Å². The van der Waals surface area contributed by atoms with Crippen molar-refractivity contribution in [1.29, 1.82) is 0 Å². The van der Waals surface area contributed by atoms with Crippen LogP contribution >= 0.6 is 15.9 Å². The van der Waals surface area contributed by atoms with Crippen molar-refractivity contribution in [3.8, 4) is 0 Å². The van der Waals surface area contributed by atoms with Crippen molar-refractivity contribution in [1.82, 2.24) is 14.3 Å². The second-order valence-electron chi connectivity index (χ2n) is 4.23. The molecule has 0 fully saturated rings. The highest BCUT2D eigenvalue weighted by Gasteiger charge is 2.16. The van der Waals surface area contributed by atoms with Gasteiger partial charge in [0.05, 0.1) is 12.0 Å². The Morgan fingerprint density at radius 3 is 2.85 bits per heavy atom. The Balaban J connectivity index is 1.93. The summed E-state index contributed by atoms with van der Waals surface area (Å²) in [5.74, 6) is 0. The maximum Gasteiger partial charge on any atom is 0.242 e. The number of hydrogen-bond donors (Lipinski definition) is 2. The Bertz CT molecular complexity index is 671. The van der Waals surface area contributed by atoms with Crippen molar-refractivity contribution in [2.75, 3.05) is 12.3 Å². The predicted octanol–water partition coefficient (Wildman–Crippen LogP) is 1.60. The van der Waals surface area contributed by atoms with E-state index >= 15 is 0 Å². The van der Waals surface area contributed by atoms with E-state index in [1.165, 1.54) is 6.07 Å². The number of nitrogens with two attached hydrogens (primary N) is 1. The molecule has 8 heteroatoms. The molecule has 1 aromatic carbocycles. The molecule has 20 heavy (non-hydrogen) atoms. The average Bonchev–Trinajstić information content (AvgIpc) is 2.87. The summed E-state index contributed by atoms with van der Waals surface area (Å²) in [5, 5.41) is 0. The molecule has 0 aliphatic carbocycles. The monoisotopic (exact) mass is 358 g/mol. The third-order valence-electron chi connectivity index (χ3n) is 2.71. The van der Waals surface area contributed by atoms with Gasteiger partial charge in [0.2, 0.25) is 10.0 Å².